The van der Waals surface area contributed by atoms with E-state index in [-0.39, 0.29) is 23.5 Å². The highest BCUT2D eigenvalue weighted by Gasteiger charge is 2.56. The van der Waals surface area contributed by atoms with Crippen LogP contribution in [-0.2, 0) is 16.1 Å². The van der Waals surface area contributed by atoms with E-state index in [0.29, 0.717) is 29.4 Å². The van der Waals surface area contributed by atoms with E-state index in [1.807, 2.05) is 0 Å². The molecule has 26 heavy (non-hydrogen) atoms. The van der Waals surface area contributed by atoms with E-state index in [9.17, 15) is 29.9 Å². The third-order valence-corrected chi connectivity index (χ3v) is 5.74. The number of thioether (sulfide) groups is 1. The number of aromatic nitrogens is 2. The van der Waals surface area contributed by atoms with Crippen LogP contribution in [0.3, 0.4) is 0 Å². The lowest BCUT2D eigenvalue weighted by Crippen LogP contribution is -2.61. The number of aryl methyl sites for hydroxylation is 2. The number of imidazole rings is 1. The Kier molecular flexibility index (Phi) is 4.76. The summed E-state index contributed by atoms with van der Waals surface area (Å²) in [4.78, 5) is 39.6. The first kappa shape index (κ1) is 18.4. The lowest BCUT2D eigenvalue weighted by molar-refractivity contribution is -0.389. The zero-order valence-corrected chi connectivity index (χ0v) is 15.0. The fourth-order valence-electron chi connectivity index (χ4n) is 3.43. The minimum absolute atomic E-state index is 0.0183. The first-order valence-corrected chi connectivity index (χ1v) is 8.99. The molecular weight excluding hydrogens is 364 g/mol. The van der Waals surface area contributed by atoms with Crippen molar-refractivity contribution in [3.05, 3.63) is 32.7 Å². The van der Waals surface area contributed by atoms with Gasteiger partial charge < -0.3 is 29.8 Å². The van der Waals surface area contributed by atoms with Crippen molar-refractivity contribution in [2.45, 2.75) is 39.0 Å². The second-order valence-electron chi connectivity index (χ2n) is 6.27. The van der Waals surface area contributed by atoms with Crippen LogP contribution in [0.5, 0.6) is 0 Å². The Hall–Kier alpha value is -2.40. The molecule has 1 saturated heterocycles. The molecule has 3 atom stereocenters. The number of nitrogens with zero attached hydrogens (tertiary/aromatic N) is 4. The molecule has 1 aromatic heterocycles. The van der Waals surface area contributed by atoms with Crippen LogP contribution in [0.1, 0.15) is 19.2 Å². The number of fused-ring (bicyclic) bond motifs is 1. The third-order valence-electron chi connectivity index (χ3n) is 4.65. The smallest absolute Gasteiger partial charge is 0.381 e. The number of aliphatic carboxylic acids is 1. The van der Waals surface area contributed by atoms with Crippen molar-refractivity contribution >= 4 is 29.5 Å². The molecule has 0 unspecified atom stereocenters. The molecule has 0 saturated carbocycles. The quantitative estimate of drug-likeness (QED) is 0.400. The van der Waals surface area contributed by atoms with Crippen LogP contribution in [0.25, 0.3) is 0 Å². The number of carbonyl (C=O) groups is 2. The second kappa shape index (κ2) is 6.72. The molecule has 0 spiro atoms. The van der Waals surface area contributed by atoms with E-state index in [1.54, 1.807) is 11.5 Å². The van der Waals surface area contributed by atoms with Crippen molar-refractivity contribution in [1.82, 2.24) is 14.5 Å². The molecule has 3 rings (SSSR count). The van der Waals surface area contributed by atoms with Crippen molar-refractivity contribution in [3.8, 4) is 0 Å². The third kappa shape index (κ3) is 2.97. The molecule has 10 nitrogen and oxygen atoms in total. The fraction of sp³-hybridized carbons (Fsp3) is 0.533. The van der Waals surface area contributed by atoms with Gasteiger partial charge in [-0.2, -0.15) is 0 Å². The van der Waals surface area contributed by atoms with Crippen LogP contribution >= 0.6 is 11.8 Å². The number of amides is 1. The Morgan fingerprint density at radius 2 is 2.27 bits per heavy atom. The van der Waals surface area contributed by atoms with E-state index >= 15 is 0 Å². The number of carboxylic acids is 1. The van der Waals surface area contributed by atoms with Crippen LogP contribution < -0.4 is 0 Å². The molecule has 3 heterocycles. The van der Waals surface area contributed by atoms with Gasteiger partial charge in [0.2, 0.25) is 11.7 Å². The summed E-state index contributed by atoms with van der Waals surface area (Å²) in [6.07, 6.45) is 0.922. The lowest BCUT2D eigenvalue weighted by atomic mass is 9.83. The Balaban J connectivity index is 1.69. The molecule has 1 aromatic rings. The minimum atomic E-state index is -1.16. The molecule has 0 aliphatic carbocycles. The molecular formula is C15H18N4O6S. The maximum absolute atomic E-state index is 12.1. The molecule has 0 aromatic carbocycles. The van der Waals surface area contributed by atoms with Gasteiger partial charge in [-0.25, -0.2) is 4.79 Å². The number of aliphatic hydroxyl groups is 1. The van der Waals surface area contributed by atoms with Crippen molar-refractivity contribution in [1.29, 1.82) is 0 Å². The second-order valence-corrected chi connectivity index (χ2v) is 7.46. The van der Waals surface area contributed by atoms with Gasteiger partial charge in [-0.1, -0.05) is 0 Å². The van der Waals surface area contributed by atoms with Crippen LogP contribution in [0.4, 0.5) is 5.82 Å². The molecule has 1 fully saturated rings. The van der Waals surface area contributed by atoms with Crippen molar-refractivity contribution in [2.75, 3.05) is 5.75 Å². The number of hydrogen-bond donors (Lipinski definition) is 2. The number of carboxylic acid groups (broad SMARTS) is 1. The minimum Gasteiger partial charge on any atom is -0.477 e. The van der Waals surface area contributed by atoms with Gasteiger partial charge in [0, 0.05) is 30.5 Å². The van der Waals surface area contributed by atoms with Crippen LogP contribution in [-0.4, -0.2) is 59.4 Å². The van der Waals surface area contributed by atoms with E-state index in [1.165, 1.54) is 29.8 Å². The molecule has 2 N–H and O–H groups in total. The van der Waals surface area contributed by atoms with E-state index in [4.69, 9.17) is 0 Å². The summed E-state index contributed by atoms with van der Waals surface area (Å²) in [6.45, 7) is 3.61. The zero-order valence-electron chi connectivity index (χ0n) is 14.2. The average Bonchev–Trinajstić information content (AvgIpc) is 3.06. The summed E-state index contributed by atoms with van der Waals surface area (Å²) < 4.78 is 1.64. The van der Waals surface area contributed by atoms with Gasteiger partial charge in [-0.3, -0.25) is 4.79 Å². The molecule has 0 bridgehead atoms. The molecule has 0 radical (unpaired) electrons. The molecule has 2 aliphatic heterocycles. The average molecular weight is 382 g/mol. The van der Waals surface area contributed by atoms with E-state index < -0.39 is 22.9 Å². The topological polar surface area (TPSA) is 139 Å². The van der Waals surface area contributed by atoms with Crippen LogP contribution in [0, 0.1) is 23.0 Å². The number of hydrogen-bond acceptors (Lipinski definition) is 7. The van der Waals surface area contributed by atoms with Gasteiger partial charge in [-0.15, -0.1) is 11.8 Å². The summed E-state index contributed by atoms with van der Waals surface area (Å²) >= 11 is 1.31. The van der Waals surface area contributed by atoms with Crippen molar-refractivity contribution < 1.29 is 24.7 Å². The van der Waals surface area contributed by atoms with Crippen molar-refractivity contribution in [2.24, 2.45) is 5.92 Å². The maximum atomic E-state index is 12.1. The molecule has 1 amide bonds. The van der Waals surface area contributed by atoms with E-state index in [0.717, 1.165) is 0 Å². The first-order chi connectivity index (χ1) is 12.2. The van der Waals surface area contributed by atoms with Gasteiger partial charge in [-0.05, 0) is 16.8 Å². The summed E-state index contributed by atoms with van der Waals surface area (Å²) in [5, 5.41) is 29.9. The SMILES string of the molecule is Cc1nc([N+](=O)[O-])cn1CCSC1=C(C(=O)O)N2C(=O)[C@@H]([C@H](C)O)[C@H]2C1. The highest BCUT2D eigenvalue weighted by molar-refractivity contribution is 8.03. The van der Waals surface area contributed by atoms with Gasteiger partial charge >= 0.3 is 11.8 Å². The lowest BCUT2D eigenvalue weighted by Gasteiger charge is -2.44. The standard InChI is InChI=1S/C15H18N4O6S/c1-7(20)12-9-5-10(13(15(22)23)18(9)14(12)21)26-4-3-17-6-11(19(24)25)16-8(17)2/h6-7,9,12,20H,3-5H2,1-2H3,(H,22,23)/t7-,9+,12-/m0/s1. The largest absolute Gasteiger partial charge is 0.477 e. The van der Waals surface area contributed by atoms with Gasteiger partial charge in [0.05, 0.1) is 18.1 Å². The zero-order chi connectivity index (χ0) is 19.2. The van der Waals surface area contributed by atoms with Gasteiger partial charge in [0.25, 0.3) is 0 Å². The normalized spacial score (nSPS) is 23.0. The number of nitro groups is 1. The molecule has 11 heteroatoms. The summed E-state index contributed by atoms with van der Waals surface area (Å²) in [5.41, 5.74) is -0.0183. The Morgan fingerprint density at radius 3 is 2.81 bits per heavy atom. The number of aliphatic hydroxyl groups excluding tert-OH is 1. The first-order valence-electron chi connectivity index (χ1n) is 8.01. The van der Waals surface area contributed by atoms with E-state index in [2.05, 4.69) is 4.98 Å². The Bertz CT molecular complexity index is 817. The summed E-state index contributed by atoms with van der Waals surface area (Å²) in [7, 11) is 0. The number of rotatable bonds is 7. The monoisotopic (exact) mass is 382 g/mol. The fourth-order valence-corrected chi connectivity index (χ4v) is 4.58. The molecule has 140 valence electrons. The number of carbonyl (C=O) groups excluding carboxylic acids is 1. The van der Waals surface area contributed by atoms with Gasteiger partial charge in [0.1, 0.15) is 11.9 Å². The van der Waals surface area contributed by atoms with Crippen LogP contribution in [0.15, 0.2) is 16.8 Å². The van der Waals surface area contributed by atoms with Crippen LogP contribution in [0.2, 0.25) is 0 Å². The summed E-state index contributed by atoms with van der Waals surface area (Å²) in [5.74, 6) is -1.34. The van der Waals surface area contributed by atoms with Crippen molar-refractivity contribution in [3.63, 3.8) is 0 Å². The predicted molar refractivity (Wildman–Crippen MR) is 91.2 cm³/mol. The predicted octanol–water partition coefficient (Wildman–Crippen LogP) is 0.741. The Morgan fingerprint density at radius 1 is 1.58 bits per heavy atom. The highest BCUT2D eigenvalue weighted by Crippen LogP contribution is 2.47. The van der Waals surface area contributed by atoms with Gasteiger partial charge in [0.15, 0.2) is 0 Å². The maximum Gasteiger partial charge on any atom is 0.381 e. The number of β-lactam (4-membered cyclic amide) rings is 1. The molecule has 2 aliphatic rings. The Labute approximate surface area is 152 Å². The summed E-state index contributed by atoms with van der Waals surface area (Å²) in [6, 6.07) is -0.313. The highest BCUT2D eigenvalue weighted by atomic mass is 32.2.